The summed E-state index contributed by atoms with van der Waals surface area (Å²) in [4.78, 5) is 20.1. The van der Waals surface area contributed by atoms with Crippen LogP contribution in [0, 0.1) is 0 Å². The summed E-state index contributed by atoms with van der Waals surface area (Å²) < 4.78 is 5.07. The monoisotopic (exact) mass is 309 g/mol. The first-order valence-electron chi connectivity index (χ1n) is 7.51. The standard InChI is InChI=1S/C18H19N3O2/c1-12(17-20-15-5-3-4-6-16(15)21-17)19-18(22)14-9-7-13(8-10-14)11-23-2/h3-10,12H,11H2,1-2H3,(H,19,22)(H,20,21). The summed E-state index contributed by atoms with van der Waals surface area (Å²) in [5.41, 5.74) is 3.52. The van der Waals surface area contributed by atoms with Crippen molar-refractivity contribution in [3.05, 3.63) is 65.5 Å². The number of H-pyrrole nitrogens is 1. The SMILES string of the molecule is COCc1ccc(C(=O)NC(C)c2nc3ccccc3[nH]2)cc1. The molecule has 1 unspecified atom stereocenters. The van der Waals surface area contributed by atoms with Gasteiger partial charge in [-0.3, -0.25) is 4.79 Å². The number of imidazole rings is 1. The smallest absolute Gasteiger partial charge is 0.251 e. The van der Waals surface area contributed by atoms with Gasteiger partial charge in [0.15, 0.2) is 0 Å². The Balaban J connectivity index is 1.71. The Morgan fingerprint density at radius 3 is 2.65 bits per heavy atom. The van der Waals surface area contributed by atoms with Gasteiger partial charge in [0.25, 0.3) is 5.91 Å². The van der Waals surface area contributed by atoms with E-state index in [4.69, 9.17) is 4.74 Å². The second kappa shape index (κ2) is 6.62. The number of carbonyl (C=O) groups excluding carboxylic acids is 1. The minimum Gasteiger partial charge on any atom is -0.380 e. The molecule has 0 fully saturated rings. The molecule has 0 saturated carbocycles. The second-order valence-corrected chi connectivity index (χ2v) is 5.46. The van der Waals surface area contributed by atoms with E-state index < -0.39 is 0 Å². The quantitative estimate of drug-likeness (QED) is 0.760. The first kappa shape index (κ1) is 15.2. The maximum Gasteiger partial charge on any atom is 0.251 e. The summed E-state index contributed by atoms with van der Waals surface area (Å²) >= 11 is 0. The number of fused-ring (bicyclic) bond motifs is 1. The zero-order chi connectivity index (χ0) is 16.2. The number of carbonyl (C=O) groups is 1. The van der Waals surface area contributed by atoms with Crippen LogP contribution in [0.25, 0.3) is 11.0 Å². The van der Waals surface area contributed by atoms with Crippen LogP contribution in [0.1, 0.15) is 34.7 Å². The van der Waals surface area contributed by atoms with Crippen molar-refractivity contribution in [2.45, 2.75) is 19.6 Å². The van der Waals surface area contributed by atoms with E-state index in [9.17, 15) is 4.79 Å². The number of aromatic nitrogens is 2. The van der Waals surface area contributed by atoms with Crippen molar-refractivity contribution < 1.29 is 9.53 Å². The number of hydrogen-bond donors (Lipinski definition) is 2. The molecule has 0 aliphatic heterocycles. The van der Waals surface area contributed by atoms with Crippen molar-refractivity contribution in [2.75, 3.05) is 7.11 Å². The van der Waals surface area contributed by atoms with Gasteiger partial charge in [-0.05, 0) is 36.8 Å². The fourth-order valence-electron chi connectivity index (χ4n) is 2.44. The molecule has 0 radical (unpaired) electrons. The Morgan fingerprint density at radius 1 is 1.22 bits per heavy atom. The topological polar surface area (TPSA) is 67.0 Å². The lowest BCUT2D eigenvalue weighted by Gasteiger charge is -2.11. The first-order valence-corrected chi connectivity index (χ1v) is 7.51. The fraction of sp³-hybridized carbons (Fsp3) is 0.222. The molecule has 23 heavy (non-hydrogen) atoms. The largest absolute Gasteiger partial charge is 0.380 e. The van der Waals surface area contributed by atoms with Gasteiger partial charge in [0.05, 0.1) is 23.7 Å². The zero-order valence-electron chi connectivity index (χ0n) is 13.2. The van der Waals surface area contributed by atoms with Crippen LogP contribution in [0.5, 0.6) is 0 Å². The van der Waals surface area contributed by atoms with Gasteiger partial charge in [0.2, 0.25) is 0 Å². The van der Waals surface area contributed by atoms with Crippen LogP contribution < -0.4 is 5.32 Å². The van der Waals surface area contributed by atoms with Crippen LogP contribution in [0.3, 0.4) is 0 Å². The normalized spacial score (nSPS) is 12.3. The predicted molar refractivity (Wildman–Crippen MR) is 89.1 cm³/mol. The van der Waals surface area contributed by atoms with Crippen molar-refractivity contribution in [3.8, 4) is 0 Å². The molecule has 3 rings (SSSR count). The van der Waals surface area contributed by atoms with Crippen molar-refractivity contribution in [3.63, 3.8) is 0 Å². The average Bonchev–Trinajstić information content (AvgIpc) is 3.00. The number of nitrogens with zero attached hydrogens (tertiary/aromatic N) is 1. The molecule has 3 aromatic rings. The van der Waals surface area contributed by atoms with Crippen molar-refractivity contribution in [1.82, 2.24) is 15.3 Å². The number of aromatic amines is 1. The highest BCUT2D eigenvalue weighted by Gasteiger charge is 2.14. The molecule has 1 aromatic heterocycles. The van der Waals surface area contributed by atoms with Crippen molar-refractivity contribution in [2.24, 2.45) is 0 Å². The van der Waals surface area contributed by atoms with Gasteiger partial charge in [0, 0.05) is 12.7 Å². The summed E-state index contributed by atoms with van der Waals surface area (Å²) in [6, 6.07) is 15.0. The van der Waals surface area contributed by atoms with E-state index in [1.807, 2.05) is 43.3 Å². The van der Waals surface area contributed by atoms with Crippen LogP contribution in [0.2, 0.25) is 0 Å². The van der Waals surface area contributed by atoms with E-state index in [1.54, 1.807) is 19.2 Å². The Kier molecular flexibility index (Phi) is 4.39. The highest BCUT2D eigenvalue weighted by atomic mass is 16.5. The molecular formula is C18H19N3O2. The number of amides is 1. The Labute approximate surface area is 134 Å². The number of benzene rings is 2. The molecule has 2 aromatic carbocycles. The molecule has 0 spiro atoms. The van der Waals surface area contributed by atoms with E-state index in [-0.39, 0.29) is 11.9 Å². The van der Waals surface area contributed by atoms with Crippen LogP contribution in [-0.4, -0.2) is 23.0 Å². The zero-order valence-corrected chi connectivity index (χ0v) is 13.2. The number of hydrogen-bond acceptors (Lipinski definition) is 3. The highest BCUT2D eigenvalue weighted by Crippen LogP contribution is 2.16. The molecule has 0 bridgehead atoms. The molecule has 118 valence electrons. The summed E-state index contributed by atoms with van der Waals surface area (Å²) in [5, 5.41) is 2.96. The number of para-hydroxylation sites is 2. The highest BCUT2D eigenvalue weighted by molar-refractivity contribution is 5.94. The number of methoxy groups -OCH3 is 1. The minimum absolute atomic E-state index is 0.123. The Hall–Kier alpha value is -2.66. The van der Waals surface area contributed by atoms with E-state index in [0.717, 1.165) is 22.4 Å². The molecule has 1 heterocycles. The van der Waals surface area contributed by atoms with Gasteiger partial charge in [-0.1, -0.05) is 24.3 Å². The molecule has 5 heteroatoms. The van der Waals surface area contributed by atoms with Gasteiger partial charge in [-0.25, -0.2) is 4.98 Å². The Bertz CT molecular complexity index is 776. The van der Waals surface area contributed by atoms with Crippen LogP contribution >= 0.6 is 0 Å². The van der Waals surface area contributed by atoms with Crippen LogP contribution in [0.15, 0.2) is 48.5 Å². The molecule has 5 nitrogen and oxygen atoms in total. The van der Waals surface area contributed by atoms with E-state index in [2.05, 4.69) is 15.3 Å². The number of nitrogens with one attached hydrogen (secondary N) is 2. The number of ether oxygens (including phenoxy) is 1. The molecule has 0 aliphatic rings. The van der Waals surface area contributed by atoms with Crippen molar-refractivity contribution in [1.29, 1.82) is 0 Å². The maximum absolute atomic E-state index is 12.3. The average molecular weight is 309 g/mol. The minimum atomic E-state index is -0.200. The van der Waals surface area contributed by atoms with Gasteiger partial charge in [0.1, 0.15) is 5.82 Å². The van der Waals surface area contributed by atoms with E-state index in [0.29, 0.717) is 12.2 Å². The summed E-state index contributed by atoms with van der Waals surface area (Å²) in [6.07, 6.45) is 0. The third-order valence-corrected chi connectivity index (χ3v) is 3.69. The third kappa shape index (κ3) is 3.40. The molecule has 1 amide bonds. The Morgan fingerprint density at radius 2 is 1.96 bits per heavy atom. The lowest BCUT2D eigenvalue weighted by Crippen LogP contribution is -2.27. The predicted octanol–water partition coefficient (Wildman–Crippen LogP) is 3.20. The molecule has 1 atom stereocenters. The lowest BCUT2D eigenvalue weighted by atomic mass is 10.1. The molecule has 0 aliphatic carbocycles. The van der Waals surface area contributed by atoms with Gasteiger partial charge >= 0.3 is 0 Å². The third-order valence-electron chi connectivity index (χ3n) is 3.69. The molecular weight excluding hydrogens is 290 g/mol. The second-order valence-electron chi connectivity index (χ2n) is 5.46. The number of rotatable bonds is 5. The summed E-state index contributed by atoms with van der Waals surface area (Å²) in [7, 11) is 1.65. The first-order chi connectivity index (χ1) is 11.2. The summed E-state index contributed by atoms with van der Waals surface area (Å²) in [6.45, 7) is 2.45. The van der Waals surface area contributed by atoms with E-state index in [1.165, 1.54) is 0 Å². The van der Waals surface area contributed by atoms with Gasteiger partial charge in [-0.15, -0.1) is 0 Å². The van der Waals surface area contributed by atoms with Crippen LogP contribution in [0.4, 0.5) is 0 Å². The molecule has 2 N–H and O–H groups in total. The lowest BCUT2D eigenvalue weighted by molar-refractivity contribution is 0.0938. The summed E-state index contributed by atoms with van der Waals surface area (Å²) in [5.74, 6) is 0.623. The fourth-order valence-corrected chi connectivity index (χ4v) is 2.44. The van der Waals surface area contributed by atoms with Crippen LogP contribution in [-0.2, 0) is 11.3 Å². The van der Waals surface area contributed by atoms with Gasteiger partial charge < -0.3 is 15.0 Å². The van der Waals surface area contributed by atoms with Crippen molar-refractivity contribution >= 4 is 16.9 Å². The molecule has 0 saturated heterocycles. The van der Waals surface area contributed by atoms with E-state index >= 15 is 0 Å². The maximum atomic E-state index is 12.3. The van der Waals surface area contributed by atoms with Gasteiger partial charge in [-0.2, -0.15) is 0 Å².